The number of carbonyl (C=O) groups excluding carboxylic acids is 1. The van der Waals surface area contributed by atoms with Gasteiger partial charge in [0.1, 0.15) is 0 Å². The molecular formula is C9H10N6OS. The summed E-state index contributed by atoms with van der Waals surface area (Å²) in [5.74, 6) is -0.532. The summed E-state index contributed by atoms with van der Waals surface area (Å²) < 4.78 is 1.51. The second-order valence-corrected chi connectivity index (χ2v) is 4.32. The number of hydrogen-bond acceptors (Lipinski definition) is 6. The molecule has 1 aromatic carbocycles. The van der Waals surface area contributed by atoms with Crippen molar-refractivity contribution in [3.8, 4) is 0 Å². The van der Waals surface area contributed by atoms with Crippen molar-refractivity contribution >= 4 is 23.4 Å². The molecule has 88 valence electrons. The zero-order valence-corrected chi connectivity index (χ0v) is 9.81. The standard InChI is InChI=1S/C9H10N6OS/c1-15-9(12-13-14-15)17-7-3-2-5(10)4-6(7)8(11)16/h2-4H,10H2,1H3,(H2,11,16). The highest BCUT2D eigenvalue weighted by atomic mass is 32.2. The van der Waals surface area contributed by atoms with Crippen LogP contribution in [0.25, 0.3) is 0 Å². The first-order valence-electron chi connectivity index (χ1n) is 4.67. The molecule has 1 aromatic heterocycles. The molecular weight excluding hydrogens is 240 g/mol. The van der Waals surface area contributed by atoms with Crippen molar-refractivity contribution in [1.82, 2.24) is 20.2 Å². The Kier molecular flexibility index (Phi) is 2.96. The van der Waals surface area contributed by atoms with Crippen LogP contribution in [0.2, 0.25) is 0 Å². The predicted octanol–water partition coefficient (Wildman–Crippen LogP) is 0.0424. The number of amides is 1. The topological polar surface area (TPSA) is 113 Å². The zero-order chi connectivity index (χ0) is 12.4. The van der Waals surface area contributed by atoms with Crippen LogP contribution in [0.1, 0.15) is 10.4 Å². The largest absolute Gasteiger partial charge is 0.399 e. The number of nitrogen functional groups attached to an aromatic ring is 1. The van der Waals surface area contributed by atoms with Gasteiger partial charge in [0.25, 0.3) is 0 Å². The summed E-state index contributed by atoms with van der Waals surface area (Å²) in [7, 11) is 1.71. The first kappa shape index (κ1) is 11.4. The average molecular weight is 250 g/mol. The van der Waals surface area contributed by atoms with Crippen LogP contribution >= 0.6 is 11.8 Å². The fourth-order valence-corrected chi connectivity index (χ4v) is 2.08. The van der Waals surface area contributed by atoms with Crippen LogP contribution in [-0.2, 0) is 7.05 Å². The third-order valence-electron chi connectivity index (χ3n) is 2.05. The number of tetrazole rings is 1. The maximum Gasteiger partial charge on any atom is 0.249 e. The van der Waals surface area contributed by atoms with Crippen molar-refractivity contribution in [3.05, 3.63) is 23.8 Å². The van der Waals surface area contributed by atoms with Crippen molar-refractivity contribution in [1.29, 1.82) is 0 Å². The third kappa shape index (κ3) is 2.36. The lowest BCUT2D eigenvalue weighted by Crippen LogP contribution is -2.12. The van der Waals surface area contributed by atoms with E-state index < -0.39 is 5.91 Å². The van der Waals surface area contributed by atoms with E-state index in [1.807, 2.05) is 0 Å². The lowest BCUT2D eigenvalue weighted by molar-refractivity contribution is 0.0997. The molecule has 0 saturated carbocycles. The van der Waals surface area contributed by atoms with Crippen LogP contribution in [-0.4, -0.2) is 26.1 Å². The van der Waals surface area contributed by atoms with Gasteiger partial charge in [-0.15, -0.1) is 5.10 Å². The number of aromatic nitrogens is 4. The quantitative estimate of drug-likeness (QED) is 0.744. The van der Waals surface area contributed by atoms with Gasteiger partial charge in [0.05, 0.1) is 5.56 Å². The molecule has 0 aliphatic carbocycles. The molecule has 0 bridgehead atoms. The summed E-state index contributed by atoms with van der Waals surface area (Å²) in [5.41, 5.74) is 11.7. The molecule has 17 heavy (non-hydrogen) atoms. The number of aryl methyl sites for hydroxylation is 1. The molecule has 1 amide bonds. The molecule has 4 N–H and O–H groups in total. The van der Waals surface area contributed by atoms with Crippen LogP contribution in [0.3, 0.4) is 0 Å². The molecule has 1 heterocycles. The van der Waals surface area contributed by atoms with Gasteiger partial charge in [-0.25, -0.2) is 4.68 Å². The number of benzene rings is 1. The highest BCUT2D eigenvalue weighted by Crippen LogP contribution is 2.29. The molecule has 8 heteroatoms. The second kappa shape index (κ2) is 4.42. The maximum absolute atomic E-state index is 11.3. The summed E-state index contributed by atoms with van der Waals surface area (Å²) in [6.07, 6.45) is 0. The first-order valence-corrected chi connectivity index (χ1v) is 5.49. The van der Waals surface area contributed by atoms with E-state index in [4.69, 9.17) is 11.5 Å². The minimum absolute atomic E-state index is 0.359. The molecule has 0 radical (unpaired) electrons. The van der Waals surface area contributed by atoms with E-state index in [1.54, 1.807) is 19.2 Å². The Morgan fingerprint density at radius 2 is 2.24 bits per heavy atom. The van der Waals surface area contributed by atoms with Crippen LogP contribution < -0.4 is 11.5 Å². The average Bonchev–Trinajstić information content (AvgIpc) is 2.67. The van der Waals surface area contributed by atoms with Gasteiger partial charge in [0.15, 0.2) is 0 Å². The van der Waals surface area contributed by atoms with Gasteiger partial charge in [-0.3, -0.25) is 4.79 Å². The molecule has 0 fully saturated rings. The number of hydrogen-bond donors (Lipinski definition) is 2. The predicted molar refractivity (Wildman–Crippen MR) is 62.3 cm³/mol. The fraction of sp³-hybridized carbons (Fsp3) is 0.111. The monoisotopic (exact) mass is 250 g/mol. The van der Waals surface area contributed by atoms with E-state index in [2.05, 4.69) is 15.5 Å². The number of rotatable bonds is 3. The number of carbonyl (C=O) groups is 1. The van der Waals surface area contributed by atoms with Gasteiger partial charge in [0.2, 0.25) is 11.1 Å². The third-order valence-corrected chi connectivity index (χ3v) is 3.16. The van der Waals surface area contributed by atoms with Gasteiger partial charge in [-0.1, -0.05) is 0 Å². The minimum Gasteiger partial charge on any atom is -0.399 e. The summed E-state index contributed by atoms with van der Waals surface area (Å²) in [6.45, 7) is 0. The van der Waals surface area contributed by atoms with Crippen LogP contribution in [0.5, 0.6) is 0 Å². The molecule has 0 aliphatic heterocycles. The molecule has 0 atom stereocenters. The Bertz CT molecular complexity index is 566. The van der Waals surface area contributed by atoms with Crippen molar-refractivity contribution in [3.63, 3.8) is 0 Å². The van der Waals surface area contributed by atoms with Gasteiger partial charge < -0.3 is 11.5 Å². The van der Waals surface area contributed by atoms with Crippen molar-refractivity contribution in [2.24, 2.45) is 12.8 Å². The molecule has 0 spiro atoms. The maximum atomic E-state index is 11.3. The Morgan fingerprint density at radius 3 is 2.82 bits per heavy atom. The van der Waals surface area contributed by atoms with Crippen LogP contribution in [0, 0.1) is 0 Å². The van der Waals surface area contributed by atoms with Gasteiger partial charge in [0, 0.05) is 17.6 Å². The molecule has 0 saturated heterocycles. The Hall–Kier alpha value is -2.09. The molecule has 2 aromatic rings. The van der Waals surface area contributed by atoms with E-state index in [-0.39, 0.29) is 0 Å². The van der Waals surface area contributed by atoms with Gasteiger partial charge in [-0.2, -0.15) is 0 Å². The first-order chi connectivity index (χ1) is 8.08. The smallest absolute Gasteiger partial charge is 0.249 e. The lowest BCUT2D eigenvalue weighted by Gasteiger charge is -2.05. The lowest BCUT2D eigenvalue weighted by atomic mass is 10.2. The molecule has 2 rings (SSSR count). The molecule has 0 unspecified atom stereocenters. The van der Waals surface area contributed by atoms with Gasteiger partial charge >= 0.3 is 0 Å². The summed E-state index contributed by atoms with van der Waals surface area (Å²) in [6, 6.07) is 4.95. The van der Waals surface area contributed by atoms with E-state index in [9.17, 15) is 4.79 Å². The highest BCUT2D eigenvalue weighted by molar-refractivity contribution is 7.99. The SMILES string of the molecule is Cn1nnnc1Sc1ccc(N)cc1C(N)=O. The summed E-state index contributed by atoms with van der Waals surface area (Å²) in [4.78, 5) is 12.0. The Morgan fingerprint density at radius 1 is 1.47 bits per heavy atom. The highest BCUT2D eigenvalue weighted by Gasteiger charge is 2.12. The van der Waals surface area contributed by atoms with Crippen molar-refractivity contribution in [2.75, 3.05) is 5.73 Å². The van der Waals surface area contributed by atoms with E-state index >= 15 is 0 Å². The van der Waals surface area contributed by atoms with Crippen molar-refractivity contribution < 1.29 is 4.79 Å². The van der Waals surface area contributed by atoms with Gasteiger partial charge in [-0.05, 0) is 40.4 Å². The molecule has 7 nitrogen and oxygen atoms in total. The van der Waals surface area contributed by atoms with E-state index in [0.717, 1.165) is 0 Å². The normalized spacial score (nSPS) is 10.4. The minimum atomic E-state index is -0.532. The summed E-state index contributed by atoms with van der Waals surface area (Å²) >= 11 is 1.25. The Balaban J connectivity index is 2.39. The van der Waals surface area contributed by atoms with Crippen molar-refractivity contribution in [2.45, 2.75) is 10.1 Å². The molecule has 0 aliphatic rings. The van der Waals surface area contributed by atoms with E-state index in [1.165, 1.54) is 22.5 Å². The second-order valence-electron chi connectivity index (χ2n) is 3.31. The Labute approximate surface area is 101 Å². The zero-order valence-electron chi connectivity index (χ0n) is 8.99. The number of primary amides is 1. The van der Waals surface area contributed by atoms with Crippen LogP contribution in [0.15, 0.2) is 28.3 Å². The fourth-order valence-electron chi connectivity index (χ4n) is 1.24. The van der Waals surface area contributed by atoms with Crippen LogP contribution in [0.4, 0.5) is 5.69 Å². The number of anilines is 1. The van der Waals surface area contributed by atoms with E-state index in [0.29, 0.717) is 21.3 Å². The number of nitrogens with zero attached hydrogens (tertiary/aromatic N) is 4. The summed E-state index contributed by atoms with van der Waals surface area (Å²) in [5, 5.41) is 11.6. The number of nitrogens with two attached hydrogens (primary N) is 2.